The molecule has 21 heavy (non-hydrogen) atoms. The molecule has 2 fully saturated rings. The number of hydrogen-bond acceptors (Lipinski definition) is 4. The molecule has 0 bridgehead atoms. The molecule has 0 aromatic carbocycles. The summed E-state index contributed by atoms with van der Waals surface area (Å²) in [7, 11) is 0. The number of nitrogens with zero attached hydrogens (tertiary/aromatic N) is 2. The molecule has 2 rings (SSSR count). The third-order valence-corrected chi connectivity index (χ3v) is 5.13. The minimum absolute atomic E-state index is 0.0289. The van der Waals surface area contributed by atoms with Crippen LogP contribution in [0.3, 0.4) is 0 Å². The Hall–Kier alpha value is -0.420. The number of ether oxygens (including phenoxy) is 1. The summed E-state index contributed by atoms with van der Waals surface area (Å²) in [5.41, 5.74) is 0.192. The Morgan fingerprint density at radius 3 is 2.62 bits per heavy atom. The molecule has 0 radical (unpaired) electrons. The SMILES string of the molecule is C=CC[C@@]1(CO)CCCN(CC(C)(C)N2CCOCC2)C1. The minimum Gasteiger partial charge on any atom is -0.396 e. The number of piperidine rings is 1. The molecule has 2 heterocycles. The second-order valence-corrected chi connectivity index (χ2v) is 7.38. The van der Waals surface area contributed by atoms with Crippen LogP contribution in [0.15, 0.2) is 12.7 Å². The van der Waals surface area contributed by atoms with Crippen molar-refractivity contribution in [3.8, 4) is 0 Å². The predicted octanol–water partition coefficient (Wildman–Crippen LogP) is 1.75. The second-order valence-electron chi connectivity index (χ2n) is 7.38. The normalized spacial score (nSPS) is 29.5. The summed E-state index contributed by atoms with van der Waals surface area (Å²) in [5.74, 6) is 0. The van der Waals surface area contributed by atoms with Crippen LogP contribution in [0.2, 0.25) is 0 Å². The van der Waals surface area contributed by atoms with E-state index in [4.69, 9.17) is 4.74 Å². The lowest BCUT2D eigenvalue weighted by Gasteiger charge is -2.47. The fraction of sp³-hybridized carbons (Fsp3) is 0.882. The highest BCUT2D eigenvalue weighted by Gasteiger charge is 2.37. The van der Waals surface area contributed by atoms with Crippen LogP contribution in [0.25, 0.3) is 0 Å². The van der Waals surface area contributed by atoms with Gasteiger partial charge >= 0.3 is 0 Å². The summed E-state index contributed by atoms with van der Waals surface area (Å²) in [6, 6.07) is 0. The highest BCUT2D eigenvalue weighted by Crippen LogP contribution is 2.34. The van der Waals surface area contributed by atoms with Crippen molar-refractivity contribution < 1.29 is 9.84 Å². The van der Waals surface area contributed by atoms with Gasteiger partial charge in [-0.05, 0) is 39.7 Å². The van der Waals surface area contributed by atoms with Gasteiger partial charge in [0.1, 0.15) is 0 Å². The van der Waals surface area contributed by atoms with E-state index in [1.165, 1.54) is 6.42 Å². The van der Waals surface area contributed by atoms with Crippen LogP contribution in [0.5, 0.6) is 0 Å². The fourth-order valence-electron chi connectivity index (χ4n) is 3.93. The van der Waals surface area contributed by atoms with Crippen LogP contribution < -0.4 is 0 Å². The summed E-state index contributed by atoms with van der Waals surface area (Å²) < 4.78 is 5.47. The summed E-state index contributed by atoms with van der Waals surface area (Å²) in [6.45, 7) is 15.8. The molecule has 122 valence electrons. The van der Waals surface area contributed by atoms with E-state index in [2.05, 4.69) is 30.2 Å². The van der Waals surface area contributed by atoms with Gasteiger partial charge in [-0.25, -0.2) is 0 Å². The third kappa shape index (κ3) is 4.28. The Bertz CT molecular complexity index is 340. The lowest BCUT2D eigenvalue weighted by molar-refractivity contribution is -0.0372. The van der Waals surface area contributed by atoms with Crippen LogP contribution in [-0.4, -0.2) is 73.0 Å². The minimum atomic E-state index is 0.0289. The maximum absolute atomic E-state index is 9.84. The quantitative estimate of drug-likeness (QED) is 0.758. The maximum Gasteiger partial charge on any atom is 0.0594 e. The van der Waals surface area contributed by atoms with Crippen molar-refractivity contribution >= 4 is 0 Å². The van der Waals surface area contributed by atoms with Gasteiger partial charge in [-0.2, -0.15) is 0 Å². The number of morpholine rings is 1. The van der Waals surface area contributed by atoms with E-state index in [0.717, 1.165) is 58.8 Å². The van der Waals surface area contributed by atoms with Gasteiger partial charge in [0.15, 0.2) is 0 Å². The van der Waals surface area contributed by atoms with E-state index in [-0.39, 0.29) is 17.6 Å². The Morgan fingerprint density at radius 1 is 1.29 bits per heavy atom. The van der Waals surface area contributed by atoms with Gasteiger partial charge in [0.05, 0.1) is 19.8 Å². The van der Waals surface area contributed by atoms with Gasteiger partial charge in [0, 0.05) is 37.1 Å². The van der Waals surface area contributed by atoms with Crippen LogP contribution in [-0.2, 0) is 4.74 Å². The van der Waals surface area contributed by atoms with Crippen LogP contribution in [0.1, 0.15) is 33.1 Å². The average molecular weight is 296 g/mol. The molecule has 0 saturated carbocycles. The molecular formula is C17H32N2O2. The smallest absolute Gasteiger partial charge is 0.0594 e. The van der Waals surface area contributed by atoms with Crippen molar-refractivity contribution in [2.24, 2.45) is 5.41 Å². The molecule has 4 heteroatoms. The Kier molecular flexibility index (Phi) is 5.83. The third-order valence-electron chi connectivity index (χ3n) is 5.13. The standard InChI is InChI=1S/C17H32N2O2/c1-4-6-17(15-20)7-5-8-18(14-17)13-16(2,3)19-9-11-21-12-10-19/h4,20H,1,5-15H2,2-3H3/t17-/m1/s1. The number of likely N-dealkylation sites (tertiary alicyclic amines) is 1. The Labute approximate surface area is 129 Å². The van der Waals surface area contributed by atoms with Crippen molar-refractivity contribution in [1.82, 2.24) is 9.80 Å². The monoisotopic (exact) mass is 296 g/mol. The summed E-state index contributed by atoms with van der Waals surface area (Å²) in [5, 5.41) is 9.84. The molecule has 0 aromatic rings. The Balaban J connectivity index is 1.95. The van der Waals surface area contributed by atoms with Crippen LogP contribution in [0, 0.1) is 5.41 Å². The van der Waals surface area contributed by atoms with E-state index >= 15 is 0 Å². The molecule has 1 atom stereocenters. The molecule has 2 aliphatic rings. The molecule has 0 amide bonds. The number of rotatable bonds is 6. The van der Waals surface area contributed by atoms with Crippen molar-refractivity contribution in [1.29, 1.82) is 0 Å². The van der Waals surface area contributed by atoms with Crippen molar-refractivity contribution in [3.05, 3.63) is 12.7 Å². The molecule has 2 saturated heterocycles. The molecule has 0 unspecified atom stereocenters. The molecule has 0 aliphatic carbocycles. The molecule has 2 aliphatic heterocycles. The van der Waals surface area contributed by atoms with Crippen molar-refractivity contribution in [2.45, 2.75) is 38.6 Å². The first kappa shape index (κ1) is 16.9. The second kappa shape index (κ2) is 7.23. The topological polar surface area (TPSA) is 35.9 Å². The number of hydrogen-bond donors (Lipinski definition) is 1. The lowest BCUT2D eigenvalue weighted by Crippen LogP contribution is -2.57. The van der Waals surface area contributed by atoms with Gasteiger partial charge in [-0.15, -0.1) is 6.58 Å². The molecule has 0 aromatic heterocycles. The first-order chi connectivity index (χ1) is 10.0. The van der Waals surface area contributed by atoms with Crippen LogP contribution in [0.4, 0.5) is 0 Å². The zero-order chi connectivity index (χ0) is 15.3. The first-order valence-electron chi connectivity index (χ1n) is 8.28. The first-order valence-corrected chi connectivity index (χ1v) is 8.28. The largest absolute Gasteiger partial charge is 0.396 e. The van der Waals surface area contributed by atoms with E-state index < -0.39 is 0 Å². The van der Waals surface area contributed by atoms with Gasteiger partial charge in [0.2, 0.25) is 0 Å². The van der Waals surface area contributed by atoms with Gasteiger partial charge in [0.25, 0.3) is 0 Å². The predicted molar refractivity (Wildman–Crippen MR) is 86.5 cm³/mol. The highest BCUT2D eigenvalue weighted by molar-refractivity contribution is 4.95. The van der Waals surface area contributed by atoms with E-state index in [1.807, 2.05) is 6.08 Å². The molecule has 4 nitrogen and oxygen atoms in total. The maximum atomic E-state index is 9.84. The highest BCUT2D eigenvalue weighted by atomic mass is 16.5. The average Bonchev–Trinajstić information content (AvgIpc) is 2.48. The summed E-state index contributed by atoms with van der Waals surface area (Å²) >= 11 is 0. The van der Waals surface area contributed by atoms with Gasteiger partial charge in [-0.3, -0.25) is 4.90 Å². The number of aliphatic hydroxyl groups is 1. The zero-order valence-electron chi connectivity index (χ0n) is 13.8. The number of aliphatic hydroxyl groups excluding tert-OH is 1. The number of allylic oxidation sites excluding steroid dienone is 1. The fourth-order valence-corrected chi connectivity index (χ4v) is 3.93. The Morgan fingerprint density at radius 2 is 2.00 bits per heavy atom. The zero-order valence-corrected chi connectivity index (χ0v) is 13.8. The van der Waals surface area contributed by atoms with Crippen molar-refractivity contribution in [2.75, 3.05) is 52.5 Å². The van der Waals surface area contributed by atoms with Crippen molar-refractivity contribution in [3.63, 3.8) is 0 Å². The molecular weight excluding hydrogens is 264 g/mol. The lowest BCUT2D eigenvalue weighted by atomic mass is 9.77. The summed E-state index contributed by atoms with van der Waals surface area (Å²) in [4.78, 5) is 5.08. The summed E-state index contributed by atoms with van der Waals surface area (Å²) in [6.07, 6.45) is 5.17. The van der Waals surface area contributed by atoms with E-state index in [9.17, 15) is 5.11 Å². The van der Waals surface area contributed by atoms with E-state index in [0.29, 0.717) is 0 Å². The van der Waals surface area contributed by atoms with E-state index in [1.54, 1.807) is 0 Å². The van der Waals surface area contributed by atoms with Crippen LogP contribution >= 0.6 is 0 Å². The van der Waals surface area contributed by atoms with Gasteiger partial charge in [-0.1, -0.05) is 6.08 Å². The molecule has 1 N–H and O–H groups in total. The van der Waals surface area contributed by atoms with Gasteiger partial charge < -0.3 is 14.7 Å². The molecule has 0 spiro atoms.